The number of ether oxygens (including phenoxy) is 4. The third-order valence-corrected chi connectivity index (χ3v) is 17.0. The van der Waals surface area contributed by atoms with Crippen LogP contribution in [0.15, 0.2) is 171 Å². The lowest BCUT2D eigenvalue weighted by molar-refractivity contribution is -0.117. The Morgan fingerprint density at radius 2 is 0.911 bits per heavy atom. The van der Waals surface area contributed by atoms with Crippen molar-refractivity contribution < 1.29 is 85.8 Å². The molecule has 8 aromatic rings. The molecule has 0 aliphatic carbocycles. The van der Waals surface area contributed by atoms with Gasteiger partial charge in [-0.25, -0.2) is 0 Å². The number of aliphatic hydroxyl groups excluding tert-OH is 2. The molecule has 8 rings (SSSR count). The zero-order chi connectivity index (χ0) is 65.3. The van der Waals surface area contributed by atoms with Gasteiger partial charge in [0.05, 0.1) is 85.4 Å². The molecule has 0 radical (unpaired) electrons. The van der Waals surface area contributed by atoms with Gasteiger partial charge in [0.15, 0.2) is 0 Å². The van der Waals surface area contributed by atoms with Crippen LogP contribution in [0.4, 0.5) is 45.5 Å². The number of Topliss-reactive ketones (excluding diaryl/α,β-unsaturated/α-hetero) is 1. The van der Waals surface area contributed by atoms with Gasteiger partial charge < -0.3 is 29.2 Å². The molecule has 0 amide bonds. The van der Waals surface area contributed by atoms with E-state index in [0.717, 1.165) is 6.07 Å². The number of aliphatic hydroxyl groups is 2. The van der Waals surface area contributed by atoms with Crippen LogP contribution in [0.25, 0.3) is 21.5 Å². The summed E-state index contributed by atoms with van der Waals surface area (Å²) < 4.78 is 157. The summed E-state index contributed by atoms with van der Waals surface area (Å²) in [6, 6.07) is 27.0. The van der Waals surface area contributed by atoms with E-state index < -0.39 is 69.2 Å². The molecule has 0 fully saturated rings. The molecular formula is C59H58N8O19S4. The third-order valence-electron chi connectivity index (χ3n) is 13.5. The first-order valence-corrected chi connectivity index (χ1v) is 32.9. The van der Waals surface area contributed by atoms with E-state index in [-0.39, 0.29) is 122 Å². The Labute approximate surface area is 516 Å². The minimum absolute atomic E-state index is 0.0292. The van der Waals surface area contributed by atoms with Gasteiger partial charge in [-0.3, -0.25) is 23.0 Å². The van der Waals surface area contributed by atoms with E-state index >= 15 is 0 Å². The van der Waals surface area contributed by atoms with E-state index in [2.05, 4.69) is 40.9 Å². The molecule has 0 spiro atoms. The Morgan fingerprint density at radius 3 is 1.39 bits per heavy atom. The van der Waals surface area contributed by atoms with Crippen molar-refractivity contribution in [3.63, 3.8) is 0 Å². The Kier molecular flexibility index (Phi) is 21.1. The highest BCUT2D eigenvalue weighted by Crippen LogP contribution is 2.42. The third kappa shape index (κ3) is 16.9. The van der Waals surface area contributed by atoms with Gasteiger partial charge in [-0.15, -0.1) is 10.2 Å². The van der Waals surface area contributed by atoms with Crippen molar-refractivity contribution >= 4 is 113 Å². The van der Waals surface area contributed by atoms with Crippen molar-refractivity contribution in [2.75, 3.05) is 33.2 Å². The lowest BCUT2D eigenvalue weighted by Gasteiger charge is -2.15. The molecule has 0 unspecified atom stereocenters. The van der Waals surface area contributed by atoms with Crippen LogP contribution < -0.4 is 18.9 Å². The van der Waals surface area contributed by atoms with Gasteiger partial charge in [-0.05, 0) is 115 Å². The SMILES string of the molecule is CCCOc1cc(N=Nc2cc(CO)c(N=Nc3ccc4cccc(S(=O)(=O)O)c4c3)cc2OC)c(C)cc1CC(=O)Cc1cc(C)c(N=Nc2cc(OC)c(N=Nc3ccc4cc(S(=O)(=O)O)cc(S(=O)(=O)O)c4c3)cc2CO)cc1OCCCS(=O)(=O)O. The fraction of sp³-hybridized carbons (Fsp3) is 0.237. The molecule has 0 heterocycles. The molecule has 0 saturated carbocycles. The van der Waals surface area contributed by atoms with Gasteiger partial charge in [-0.1, -0.05) is 31.2 Å². The van der Waals surface area contributed by atoms with Crippen molar-refractivity contribution in [2.45, 2.75) is 74.4 Å². The van der Waals surface area contributed by atoms with E-state index in [4.69, 9.17) is 18.9 Å². The van der Waals surface area contributed by atoms with E-state index in [1.54, 1.807) is 50.2 Å². The number of carbonyl (C=O) groups is 1. The number of methoxy groups -OCH3 is 2. The summed E-state index contributed by atoms with van der Waals surface area (Å²) in [5.74, 6) is -0.0679. The summed E-state index contributed by atoms with van der Waals surface area (Å²) >= 11 is 0. The van der Waals surface area contributed by atoms with Gasteiger partial charge >= 0.3 is 0 Å². The quantitative estimate of drug-likeness (QED) is 0.0158. The van der Waals surface area contributed by atoms with Crippen molar-refractivity contribution in [1.82, 2.24) is 0 Å². The van der Waals surface area contributed by atoms with Crippen molar-refractivity contribution in [2.24, 2.45) is 40.9 Å². The largest absolute Gasteiger partial charge is 0.494 e. The molecule has 31 heteroatoms. The first-order chi connectivity index (χ1) is 42.6. The smallest absolute Gasteiger partial charge is 0.295 e. The predicted octanol–water partition coefficient (Wildman–Crippen LogP) is 12.8. The summed E-state index contributed by atoms with van der Waals surface area (Å²) in [5.41, 5.74) is 4.13. The fourth-order valence-electron chi connectivity index (χ4n) is 9.15. The van der Waals surface area contributed by atoms with Crippen LogP contribution in [0, 0.1) is 13.8 Å². The summed E-state index contributed by atoms with van der Waals surface area (Å²) in [6.45, 7) is 4.41. The fourth-order valence-corrected chi connectivity index (χ4v) is 11.7. The molecule has 0 atom stereocenters. The summed E-state index contributed by atoms with van der Waals surface area (Å²) in [4.78, 5) is 12.3. The second kappa shape index (κ2) is 28.3. The highest BCUT2D eigenvalue weighted by Gasteiger charge is 2.23. The first-order valence-electron chi connectivity index (χ1n) is 26.9. The van der Waals surface area contributed by atoms with Gasteiger partial charge in [0.2, 0.25) is 0 Å². The maximum Gasteiger partial charge on any atom is 0.295 e. The van der Waals surface area contributed by atoms with Crippen LogP contribution in [0.1, 0.15) is 53.1 Å². The lowest BCUT2D eigenvalue weighted by Crippen LogP contribution is -2.12. The Balaban J connectivity index is 1.03. The summed E-state index contributed by atoms with van der Waals surface area (Å²) in [7, 11) is -16.0. The Hall–Kier alpha value is -8.89. The number of benzene rings is 8. The Morgan fingerprint density at radius 1 is 0.456 bits per heavy atom. The van der Waals surface area contributed by atoms with Crippen molar-refractivity contribution in [3.8, 4) is 23.0 Å². The Bertz CT molecular complexity index is 4720. The molecule has 0 saturated heterocycles. The molecular weight excluding hydrogens is 1250 g/mol. The van der Waals surface area contributed by atoms with Gasteiger partial charge in [-0.2, -0.15) is 64.4 Å². The number of fused-ring (bicyclic) bond motifs is 2. The summed E-state index contributed by atoms with van der Waals surface area (Å²) in [5, 5.41) is 56.2. The van der Waals surface area contributed by atoms with Crippen LogP contribution in [0.2, 0.25) is 0 Å². The zero-order valence-electron chi connectivity index (χ0n) is 48.5. The van der Waals surface area contributed by atoms with Gasteiger partial charge in [0.25, 0.3) is 40.5 Å². The standard InChI is InChI=1S/C59H58N8O19S4/c1-6-15-85-54-28-49(63-67-53-24-40(32-68)50(30-57(53)84-5)64-60-42-13-11-36-9-7-10-58(46(36)25-42)89(77,78)79)35(3)18-38(54)20-44(70)21-39-19-34(2)48(29-55(39)86-16-8-17-87(71,72)73)62-65-51-31-56(83-4)52(23-41(51)33-69)66-61-43-14-12-37-22-45(88(74,75)76)27-59(47(37)26-43)90(80,81)82/h7,9-14,18-19,22-31,68-69H,6,8,15-17,20-21,32-33H2,1-5H3,(H,71,72,73)(H,74,75,76)(H,77,78,79)(H,80,81,82). The molecule has 90 heavy (non-hydrogen) atoms. The number of azo groups is 4. The van der Waals surface area contributed by atoms with Crippen molar-refractivity contribution in [1.29, 1.82) is 0 Å². The minimum atomic E-state index is -5.00. The van der Waals surface area contributed by atoms with Crippen molar-refractivity contribution in [3.05, 3.63) is 149 Å². The number of rotatable bonds is 27. The van der Waals surface area contributed by atoms with Crippen LogP contribution in [-0.2, 0) is 71.3 Å². The molecule has 6 N–H and O–H groups in total. The molecule has 0 aliphatic rings. The van der Waals surface area contributed by atoms with Crippen LogP contribution in [-0.4, -0.2) is 101 Å². The number of hydrogen-bond donors (Lipinski definition) is 6. The average molecular weight is 1310 g/mol. The molecule has 8 aromatic carbocycles. The summed E-state index contributed by atoms with van der Waals surface area (Å²) in [6.07, 6.45) is 0.204. The average Bonchev–Trinajstić information content (AvgIpc) is 0.991. The maximum atomic E-state index is 14.2. The van der Waals surface area contributed by atoms with E-state index in [1.165, 1.54) is 80.9 Å². The molecule has 0 aliphatic heterocycles. The molecule has 0 aromatic heterocycles. The van der Waals surface area contributed by atoms with E-state index in [1.807, 2.05) is 6.92 Å². The second-order valence-corrected chi connectivity index (χ2v) is 25.8. The van der Waals surface area contributed by atoms with E-state index in [9.17, 15) is 66.9 Å². The number of ketones is 1. The van der Waals surface area contributed by atoms with Crippen LogP contribution in [0.5, 0.6) is 23.0 Å². The minimum Gasteiger partial charge on any atom is -0.494 e. The maximum absolute atomic E-state index is 14.2. The van der Waals surface area contributed by atoms with E-state index in [0.29, 0.717) is 57.1 Å². The number of aryl methyl sites for hydroxylation is 2. The highest BCUT2D eigenvalue weighted by atomic mass is 32.2. The molecule has 472 valence electrons. The number of carbonyl (C=O) groups excluding carboxylic acids is 1. The van der Waals surface area contributed by atoms with Crippen LogP contribution >= 0.6 is 0 Å². The second-order valence-electron chi connectivity index (χ2n) is 20.1. The predicted molar refractivity (Wildman–Crippen MR) is 329 cm³/mol. The number of nitrogens with zero attached hydrogens (tertiary/aromatic N) is 8. The zero-order valence-corrected chi connectivity index (χ0v) is 51.8. The monoisotopic (exact) mass is 1310 g/mol. The van der Waals surface area contributed by atoms with Gasteiger partial charge in [0, 0.05) is 70.1 Å². The van der Waals surface area contributed by atoms with Crippen LogP contribution in [0.3, 0.4) is 0 Å². The number of hydrogen-bond acceptors (Lipinski definition) is 23. The lowest BCUT2D eigenvalue weighted by atomic mass is 9.98. The molecule has 27 nitrogen and oxygen atoms in total. The highest BCUT2D eigenvalue weighted by molar-refractivity contribution is 7.87. The normalized spacial score (nSPS) is 12.6. The van der Waals surface area contributed by atoms with Gasteiger partial charge in [0.1, 0.15) is 49.9 Å². The topological polar surface area (TPSA) is 411 Å². The molecule has 0 bridgehead atoms. The first kappa shape index (κ1) is 67.0.